The van der Waals surface area contributed by atoms with Gasteiger partial charge in [-0.05, 0) is 79.5 Å². The summed E-state index contributed by atoms with van der Waals surface area (Å²) in [6.07, 6.45) is 3.10. The minimum Gasteiger partial charge on any atom is -0.507 e. The zero-order valence-corrected chi connectivity index (χ0v) is 27.2. The van der Waals surface area contributed by atoms with Crippen molar-refractivity contribution >= 4 is 17.4 Å². The topological polar surface area (TPSA) is 88.5 Å². The number of nitrogens with zero attached hydrogens (tertiary/aromatic N) is 2. The van der Waals surface area contributed by atoms with Crippen LogP contribution in [0, 0.1) is 6.92 Å². The second kappa shape index (κ2) is 16.1. The molecule has 0 spiro atoms. The van der Waals surface area contributed by atoms with E-state index >= 15 is 0 Å². The number of aliphatic hydroxyl groups is 1. The van der Waals surface area contributed by atoms with E-state index in [1.54, 1.807) is 42.3 Å². The minimum atomic E-state index is -0.791. The third kappa shape index (κ3) is 8.05. The van der Waals surface area contributed by atoms with E-state index < -0.39 is 17.7 Å². The van der Waals surface area contributed by atoms with E-state index in [-0.39, 0.29) is 11.3 Å². The molecular weight excluding hydrogens is 568 g/mol. The summed E-state index contributed by atoms with van der Waals surface area (Å²) >= 11 is 0. The average molecular weight is 615 g/mol. The zero-order valence-electron chi connectivity index (χ0n) is 27.2. The number of likely N-dealkylation sites (N-methyl/N-ethyl adjacent to an activating group) is 1. The number of hydrogen-bond acceptors (Lipinski definition) is 7. The first-order valence-electron chi connectivity index (χ1n) is 15.9. The molecule has 1 heterocycles. The molecule has 3 aromatic carbocycles. The number of hydrogen-bond donors (Lipinski definition) is 1. The van der Waals surface area contributed by atoms with Crippen LogP contribution < -0.4 is 14.2 Å². The van der Waals surface area contributed by atoms with Crippen molar-refractivity contribution in [3.63, 3.8) is 0 Å². The summed E-state index contributed by atoms with van der Waals surface area (Å²) in [6, 6.07) is 19.6. The van der Waals surface area contributed by atoms with Gasteiger partial charge in [-0.25, -0.2) is 0 Å². The van der Waals surface area contributed by atoms with E-state index in [9.17, 15) is 14.7 Å². The fourth-order valence-corrected chi connectivity index (χ4v) is 5.55. The van der Waals surface area contributed by atoms with Crippen LogP contribution in [0.1, 0.15) is 68.3 Å². The highest BCUT2D eigenvalue weighted by Crippen LogP contribution is 2.42. The van der Waals surface area contributed by atoms with Gasteiger partial charge in [-0.2, -0.15) is 0 Å². The molecule has 1 atom stereocenters. The van der Waals surface area contributed by atoms with E-state index in [0.29, 0.717) is 54.7 Å². The number of carbonyl (C=O) groups is 2. The molecule has 1 amide bonds. The average Bonchev–Trinajstić information content (AvgIpc) is 3.32. The Hall–Kier alpha value is -4.30. The molecule has 0 saturated carbocycles. The Bertz CT molecular complexity index is 1480. The Balaban J connectivity index is 1.67. The number of benzene rings is 3. The summed E-state index contributed by atoms with van der Waals surface area (Å²) in [5.41, 5.74) is 3.36. The van der Waals surface area contributed by atoms with E-state index in [4.69, 9.17) is 14.2 Å². The van der Waals surface area contributed by atoms with Crippen LogP contribution in [-0.4, -0.2) is 66.5 Å². The molecule has 240 valence electrons. The Kier molecular flexibility index (Phi) is 12.0. The van der Waals surface area contributed by atoms with Gasteiger partial charge in [-0.3, -0.25) is 9.59 Å². The standard InChI is InChI=1S/C37H46N2O6/c1-6-9-12-23-44-31-20-17-28(24-32(31)43-5)34-33(36(41)37(42)39(34)22-21-38(7-2)8-3)35(40)27-15-18-30(19-16-27)45-25-29-14-11-10-13-26(29)4/h10-11,13-20,24,34,40H,6-9,12,21-23,25H2,1-5H3. The number of carbonyl (C=O) groups excluding carboxylic acids is 2. The van der Waals surface area contributed by atoms with Crippen LogP contribution in [0.3, 0.4) is 0 Å². The number of aliphatic hydroxyl groups excluding tert-OH is 1. The van der Waals surface area contributed by atoms with Crippen molar-refractivity contribution in [2.75, 3.05) is 39.9 Å². The Labute approximate surface area is 267 Å². The number of likely N-dealkylation sites (tertiary alicyclic amines) is 1. The monoisotopic (exact) mass is 614 g/mol. The molecule has 1 N–H and O–H groups in total. The summed E-state index contributed by atoms with van der Waals surface area (Å²) in [6.45, 7) is 11.9. The number of unbranched alkanes of at least 4 members (excludes halogenated alkanes) is 2. The fraction of sp³-hybridized carbons (Fsp3) is 0.405. The largest absolute Gasteiger partial charge is 0.507 e. The van der Waals surface area contributed by atoms with Crippen molar-refractivity contribution in [1.82, 2.24) is 9.80 Å². The molecule has 8 nitrogen and oxygen atoms in total. The van der Waals surface area contributed by atoms with Crippen molar-refractivity contribution < 1.29 is 28.9 Å². The van der Waals surface area contributed by atoms with E-state index in [1.807, 2.05) is 43.3 Å². The number of ether oxygens (including phenoxy) is 3. The van der Waals surface area contributed by atoms with Crippen LogP contribution in [0.4, 0.5) is 0 Å². The predicted octanol–water partition coefficient (Wildman–Crippen LogP) is 6.92. The van der Waals surface area contributed by atoms with E-state index in [1.165, 1.54) is 0 Å². The van der Waals surface area contributed by atoms with Gasteiger partial charge < -0.3 is 29.1 Å². The molecule has 4 rings (SSSR count). The number of ketones is 1. The number of rotatable bonds is 16. The molecule has 0 radical (unpaired) electrons. The van der Waals surface area contributed by atoms with Crippen LogP contribution in [0.2, 0.25) is 0 Å². The van der Waals surface area contributed by atoms with Crippen molar-refractivity contribution in [3.8, 4) is 17.2 Å². The van der Waals surface area contributed by atoms with Crippen molar-refractivity contribution in [3.05, 3.63) is 94.6 Å². The zero-order chi connectivity index (χ0) is 32.3. The molecule has 0 aromatic heterocycles. The first-order valence-corrected chi connectivity index (χ1v) is 15.9. The molecule has 3 aromatic rings. The highest BCUT2D eigenvalue weighted by atomic mass is 16.5. The molecule has 1 aliphatic heterocycles. The molecule has 0 bridgehead atoms. The number of Topliss-reactive ketones (excluding diaryl/α,β-unsaturated/α-hetero) is 1. The SMILES string of the molecule is CCCCCOc1ccc(C2C(=C(O)c3ccc(OCc4ccccc4C)cc3)C(=O)C(=O)N2CCN(CC)CC)cc1OC. The van der Waals surface area contributed by atoms with Gasteiger partial charge in [0.05, 0.1) is 25.3 Å². The number of aryl methyl sites for hydroxylation is 1. The normalized spacial score (nSPS) is 16.0. The smallest absolute Gasteiger partial charge is 0.295 e. The first kappa shape index (κ1) is 33.6. The summed E-state index contributed by atoms with van der Waals surface area (Å²) in [4.78, 5) is 30.8. The number of amides is 1. The lowest BCUT2D eigenvalue weighted by Crippen LogP contribution is -2.38. The maximum Gasteiger partial charge on any atom is 0.295 e. The Morgan fingerprint density at radius 1 is 0.911 bits per heavy atom. The van der Waals surface area contributed by atoms with Gasteiger partial charge in [0.2, 0.25) is 0 Å². The molecule has 1 unspecified atom stereocenters. The molecule has 1 fully saturated rings. The quantitative estimate of drug-likeness (QED) is 0.0811. The Morgan fingerprint density at radius 3 is 2.31 bits per heavy atom. The van der Waals surface area contributed by atoms with Crippen LogP contribution in [0.15, 0.2) is 72.3 Å². The maximum absolute atomic E-state index is 13.6. The van der Waals surface area contributed by atoms with E-state index in [0.717, 1.165) is 43.5 Å². The third-order valence-electron chi connectivity index (χ3n) is 8.38. The summed E-state index contributed by atoms with van der Waals surface area (Å²) < 4.78 is 17.6. The lowest BCUT2D eigenvalue weighted by molar-refractivity contribution is -0.140. The van der Waals surface area contributed by atoms with Crippen molar-refractivity contribution in [1.29, 1.82) is 0 Å². The van der Waals surface area contributed by atoms with Crippen LogP contribution in [0.25, 0.3) is 5.76 Å². The lowest BCUT2D eigenvalue weighted by atomic mass is 9.95. The second-order valence-electron chi connectivity index (χ2n) is 11.2. The molecule has 0 aliphatic carbocycles. The van der Waals surface area contributed by atoms with Crippen molar-refractivity contribution in [2.45, 2.75) is 59.6 Å². The highest BCUT2D eigenvalue weighted by Gasteiger charge is 2.46. The molecule has 1 saturated heterocycles. The third-order valence-corrected chi connectivity index (χ3v) is 8.38. The van der Waals surface area contributed by atoms with Crippen LogP contribution >= 0.6 is 0 Å². The van der Waals surface area contributed by atoms with Gasteiger partial charge in [0.15, 0.2) is 11.5 Å². The maximum atomic E-state index is 13.6. The van der Waals surface area contributed by atoms with Crippen LogP contribution in [-0.2, 0) is 16.2 Å². The fourth-order valence-electron chi connectivity index (χ4n) is 5.55. The van der Waals surface area contributed by atoms with Gasteiger partial charge in [-0.15, -0.1) is 0 Å². The highest BCUT2D eigenvalue weighted by molar-refractivity contribution is 6.46. The van der Waals surface area contributed by atoms with Crippen molar-refractivity contribution in [2.24, 2.45) is 0 Å². The lowest BCUT2D eigenvalue weighted by Gasteiger charge is -2.28. The minimum absolute atomic E-state index is 0.0480. The first-order chi connectivity index (χ1) is 21.8. The Morgan fingerprint density at radius 2 is 1.64 bits per heavy atom. The molecule has 1 aliphatic rings. The molecule has 45 heavy (non-hydrogen) atoms. The van der Waals surface area contributed by atoms with Gasteiger partial charge in [-0.1, -0.05) is 63.9 Å². The van der Waals surface area contributed by atoms with E-state index in [2.05, 4.69) is 25.7 Å². The summed E-state index contributed by atoms with van der Waals surface area (Å²) in [5, 5.41) is 11.6. The van der Waals surface area contributed by atoms with Gasteiger partial charge >= 0.3 is 0 Å². The second-order valence-corrected chi connectivity index (χ2v) is 11.2. The van der Waals surface area contributed by atoms with Crippen LogP contribution in [0.5, 0.6) is 17.2 Å². The van der Waals surface area contributed by atoms with Gasteiger partial charge in [0.1, 0.15) is 18.1 Å². The molecular formula is C37H46N2O6. The number of methoxy groups -OCH3 is 1. The summed E-state index contributed by atoms with van der Waals surface area (Å²) in [7, 11) is 1.57. The predicted molar refractivity (Wildman–Crippen MR) is 177 cm³/mol. The summed E-state index contributed by atoms with van der Waals surface area (Å²) in [5.74, 6) is 0.159. The van der Waals surface area contributed by atoms with Gasteiger partial charge in [0.25, 0.3) is 11.7 Å². The molecule has 8 heteroatoms. The van der Waals surface area contributed by atoms with Gasteiger partial charge in [0, 0.05) is 18.7 Å².